The van der Waals surface area contributed by atoms with Crippen molar-refractivity contribution in [3.05, 3.63) is 52.1 Å². The van der Waals surface area contributed by atoms with Crippen molar-refractivity contribution in [2.24, 2.45) is 5.92 Å². The minimum absolute atomic E-state index is 0.104. The fourth-order valence-electron chi connectivity index (χ4n) is 4.38. The maximum Gasteiger partial charge on any atom is 0.311 e. The monoisotopic (exact) mass is 411 g/mol. The molecule has 1 aromatic carbocycles. The van der Waals surface area contributed by atoms with Gasteiger partial charge in [-0.25, -0.2) is 0 Å². The van der Waals surface area contributed by atoms with Gasteiger partial charge in [0.1, 0.15) is 5.75 Å². The van der Waals surface area contributed by atoms with Crippen LogP contribution in [0.25, 0.3) is 0 Å². The molecule has 1 aromatic heterocycles. The van der Waals surface area contributed by atoms with E-state index in [4.69, 9.17) is 4.74 Å². The number of carboxylic acid groups (broad SMARTS) is 1. The number of hydrogen-bond acceptors (Lipinski definition) is 6. The van der Waals surface area contributed by atoms with E-state index in [1.807, 2.05) is 12.1 Å². The normalized spacial score (nSPS) is 17.8. The molecule has 0 bridgehead atoms. The Labute approximate surface area is 174 Å². The summed E-state index contributed by atoms with van der Waals surface area (Å²) in [5, 5.41) is 20.6. The second-order valence-electron chi connectivity index (χ2n) is 8.00. The SMILES string of the molecule is O=C(O)C1CCN(c2nc(Oc3ccc(C4CCCC4)cc3)ccc2[N+](=O)[O-])CC1. The van der Waals surface area contributed by atoms with Crippen LogP contribution < -0.4 is 9.64 Å². The van der Waals surface area contributed by atoms with E-state index < -0.39 is 16.8 Å². The second kappa shape index (κ2) is 8.69. The van der Waals surface area contributed by atoms with E-state index >= 15 is 0 Å². The largest absolute Gasteiger partial charge is 0.481 e. The van der Waals surface area contributed by atoms with Gasteiger partial charge in [-0.2, -0.15) is 4.98 Å². The lowest BCUT2D eigenvalue weighted by molar-refractivity contribution is -0.384. The van der Waals surface area contributed by atoms with E-state index in [-0.39, 0.29) is 17.4 Å². The number of aromatic nitrogens is 1. The summed E-state index contributed by atoms with van der Waals surface area (Å²) in [6, 6.07) is 10.9. The van der Waals surface area contributed by atoms with Crippen molar-refractivity contribution in [2.75, 3.05) is 18.0 Å². The smallest absolute Gasteiger partial charge is 0.311 e. The van der Waals surface area contributed by atoms with Gasteiger partial charge in [-0.05, 0) is 49.3 Å². The van der Waals surface area contributed by atoms with Crippen LogP contribution in [0, 0.1) is 16.0 Å². The number of anilines is 1. The van der Waals surface area contributed by atoms with E-state index in [2.05, 4.69) is 17.1 Å². The number of hydrogen-bond donors (Lipinski definition) is 1. The van der Waals surface area contributed by atoms with E-state index in [0.29, 0.717) is 37.6 Å². The highest BCUT2D eigenvalue weighted by atomic mass is 16.6. The van der Waals surface area contributed by atoms with E-state index in [0.717, 1.165) is 0 Å². The summed E-state index contributed by atoms with van der Waals surface area (Å²) >= 11 is 0. The van der Waals surface area contributed by atoms with Gasteiger partial charge in [0.05, 0.1) is 10.8 Å². The number of rotatable bonds is 6. The predicted molar refractivity (Wildman–Crippen MR) is 111 cm³/mol. The molecule has 1 aliphatic heterocycles. The van der Waals surface area contributed by atoms with Crippen molar-refractivity contribution in [2.45, 2.75) is 44.4 Å². The minimum Gasteiger partial charge on any atom is -0.481 e. The maximum atomic E-state index is 11.5. The molecule has 1 N–H and O–H groups in total. The van der Waals surface area contributed by atoms with Gasteiger partial charge in [0.25, 0.3) is 0 Å². The zero-order chi connectivity index (χ0) is 21.1. The zero-order valence-corrected chi connectivity index (χ0v) is 16.7. The van der Waals surface area contributed by atoms with Crippen molar-refractivity contribution in [1.82, 2.24) is 4.98 Å². The molecule has 1 aliphatic carbocycles. The van der Waals surface area contributed by atoms with Crippen LogP contribution in [0.3, 0.4) is 0 Å². The van der Waals surface area contributed by atoms with Gasteiger partial charge < -0.3 is 14.7 Å². The highest BCUT2D eigenvalue weighted by molar-refractivity contribution is 5.70. The number of carboxylic acids is 1. The average molecular weight is 411 g/mol. The molecule has 1 saturated carbocycles. The molecule has 0 unspecified atom stereocenters. The topological polar surface area (TPSA) is 106 Å². The predicted octanol–water partition coefficient (Wildman–Crippen LogP) is 4.74. The van der Waals surface area contributed by atoms with Gasteiger partial charge in [-0.1, -0.05) is 25.0 Å². The average Bonchev–Trinajstić information content (AvgIpc) is 3.29. The minimum atomic E-state index is -0.824. The van der Waals surface area contributed by atoms with Gasteiger partial charge in [0.15, 0.2) is 0 Å². The summed E-state index contributed by atoms with van der Waals surface area (Å²) in [4.78, 5) is 28.4. The van der Waals surface area contributed by atoms with Gasteiger partial charge in [-0.3, -0.25) is 14.9 Å². The van der Waals surface area contributed by atoms with Crippen molar-refractivity contribution >= 4 is 17.5 Å². The molecule has 0 radical (unpaired) electrons. The number of pyridine rings is 1. The lowest BCUT2D eigenvalue weighted by Gasteiger charge is -2.30. The number of nitrogens with zero attached hydrogens (tertiary/aromatic N) is 3. The van der Waals surface area contributed by atoms with Crippen molar-refractivity contribution in [3.8, 4) is 11.6 Å². The number of nitro groups is 1. The van der Waals surface area contributed by atoms with Crippen LogP contribution in [0.1, 0.15) is 50.0 Å². The van der Waals surface area contributed by atoms with Crippen LogP contribution >= 0.6 is 0 Å². The molecule has 8 heteroatoms. The number of aliphatic carboxylic acids is 1. The van der Waals surface area contributed by atoms with Gasteiger partial charge in [0.2, 0.25) is 11.7 Å². The number of ether oxygens (including phenoxy) is 1. The summed E-state index contributed by atoms with van der Waals surface area (Å²) in [5.74, 6) is 0.521. The number of benzene rings is 1. The van der Waals surface area contributed by atoms with Crippen molar-refractivity contribution < 1.29 is 19.6 Å². The standard InChI is InChI=1S/C22H25N3O5/c26-22(27)17-11-13-24(14-12-17)21-19(25(28)29)9-10-20(23-21)30-18-7-5-16(6-8-18)15-3-1-2-4-15/h5-10,15,17H,1-4,11-14H2,(H,26,27). The van der Waals surface area contributed by atoms with E-state index in [9.17, 15) is 20.0 Å². The molecule has 158 valence electrons. The molecule has 0 amide bonds. The maximum absolute atomic E-state index is 11.5. The second-order valence-corrected chi connectivity index (χ2v) is 8.00. The van der Waals surface area contributed by atoms with Gasteiger partial charge in [0, 0.05) is 25.2 Å². The van der Waals surface area contributed by atoms with Crippen molar-refractivity contribution in [3.63, 3.8) is 0 Å². The van der Waals surface area contributed by atoms with E-state index in [1.165, 1.54) is 43.4 Å². The van der Waals surface area contributed by atoms with Crippen molar-refractivity contribution in [1.29, 1.82) is 0 Å². The summed E-state index contributed by atoms with van der Waals surface area (Å²) in [7, 11) is 0. The molecule has 2 aromatic rings. The molecule has 8 nitrogen and oxygen atoms in total. The molecule has 4 rings (SSSR count). The quantitative estimate of drug-likeness (QED) is 0.540. The van der Waals surface area contributed by atoms with Crippen LogP contribution in [0.4, 0.5) is 11.5 Å². The van der Waals surface area contributed by atoms with Crippen LogP contribution in [0.2, 0.25) is 0 Å². The number of carbonyl (C=O) groups is 1. The van der Waals surface area contributed by atoms with Crippen LogP contribution in [0.15, 0.2) is 36.4 Å². The zero-order valence-electron chi connectivity index (χ0n) is 16.7. The third-order valence-corrected chi connectivity index (χ3v) is 6.10. The fraction of sp³-hybridized carbons (Fsp3) is 0.455. The third-order valence-electron chi connectivity index (χ3n) is 6.10. The Hall–Kier alpha value is -3.16. The first-order valence-corrected chi connectivity index (χ1v) is 10.4. The first kappa shape index (κ1) is 20.1. The van der Waals surface area contributed by atoms with Crippen LogP contribution in [0.5, 0.6) is 11.6 Å². The summed E-state index contributed by atoms with van der Waals surface area (Å²) < 4.78 is 5.87. The van der Waals surface area contributed by atoms with Gasteiger partial charge >= 0.3 is 11.7 Å². The Morgan fingerprint density at radius 3 is 2.33 bits per heavy atom. The lowest BCUT2D eigenvalue weighted by Crippen LogP contribution is -2.37. The highest BCUT2D eigenvalue weighted by Crippen LogP contribution is 2.36. The molecular weight excluding hydrogens is 386 g/mol. The molecule has 2 aliphatic rings. The van der Waals surface area contributed by atoms with Gasteiger partial charge in [-0.15, -0.1) is 0 Å². The Morgan fingerprint density at radius 1 is 1.07 bits per heavy atom. The third kappa shape index (κ3) is 4.37. The molecule has 1 saturated heterocycles. The van der Waals surface area contributed by atoms with Crippen LogP contribution in [-0.4, -0.2) is 34.1 Å². The fourth-order valence-corrected chi connectivity index (χ4v) is 4.38. The molecule has 2 heterocycles. The Morgan fingerprint density at radius 2 is 1.73 bits per heavy atom. The summed E-state index contributed by atoms with van der Waals surface area (Å²) in [6.45, 7) is 0.814. The number of piperidine rings is 1. The molecule has 2 fully saturated rings. The summed E-state index contributed by atoms with van der Waals surface area (Å²) in [6.07, 6.45) is 5.88. The first-order chi connectivity index (χ1) is 14.5. The first-order valence-electron chi connectivity index (χ1n) is 10.4. The molecule has 0 spiro atoms. The van der Waals surface area contributed by atoms with E-state index in [1.54, 1.807) is 4.90 Å². The highest BCUT2D eigenvalue weighted by Gasteiger charge is 2.29. The summed E-state index contributed by atoms with van der Waals surface area (Å²) in [5.41, 5.74) is 1.21. The Kier molecular flexibility index (Phi) is 5.83. The molecule has 30 heavy (non-hydrogen) atoms. The molecule has 0 atom stereocenters. The Bertz CT molecular complexity index is 917. The lowest BCUT2D eigenvalue weighted by atomic mass is 9.97. The Balaban J connectivity index is 1.51. The molecular formula is C22H25N3O5. The van der Waals surface area contributed by atoms with Crippen LogP contribution in [-0.2, 0) is 4.79 Å².